The third-order valence-electron chi connectivity index (χ3n) is 10.4. The minimum Gasteiger partial charge on any atom is -0.455 e. The van der Waals surface area contributed by atoms with E-state index in [1.165, 1.54) is 22.1 Å². The molecule has 0 spiro atoms. The summed E-state index contributed by atoms with van der Waals surface area (Å²) in [6, 6.07) is 75.9. The van der Waals surface area contributed by atoms with Crippen molar-refractivity contribution in [2.45, 2.75) is 0 Å². The van der Waals surface area contributed by atoms with Crippen LogP contribution in [-0.4, -0.2) is 0 Å². The zero-order valence-corrected chi connectivity index (χ0v) is 29.6. The lowest BCUT2D eigenvalue weighted by atomic mass is 9.94. The molecule has 1 heterocycles. The summed E-state index contributed by atoms with van der Waals surface area (Å²) < 4.78 is 6.68. The maximum atomic E-state index is 6.68. The topological polar surface area (TPSA) is 16.4 Å². The fourth-order valence-corrected chi connectivity index (χ4v) is 7.89. The number of rotatable bonds is 7. The van der Waals surface area contributed by atoms with E-state index in [4.69, 9.17) is 4.42 Å². The van der Waals surface area contributed by atoms with Crippen molar-refractivity contribution in [2.75, 3.05) is 4.90 Å². The highest BCUT2D eigenvalue weighted by Crippen LogP contribution is 2.47. The average Bonchev–Trinajstić information content (AvgIpc) is 3.65. The molecule has 2 nitrogen and oxygen atoms in total. The van der Waals surface area contributed by atoms with Crippen molar-refractivity contribution in [1.82, 2.24) is 0 Å². The lowest BCUT2D eigenvalue weighted by Crippen LogP contribution is -2.12. The Morgan fingerprint density at radius 1 is 0.333 bits per heavy atom. The molecule has 0 saturated heterocycles. The second-order valence-corrected chi connectivity index (χ2v) is 13.7. The maximum Gasteiger partial charge on any atom is 0.143 e. The molecule has 0 fully saturated rings. The molecule has 9 aromatic carbocycles. The van der Waals surface area contributed by atoms with Gasteiger partial charge in [-0.15, -0.1) is 0 Å². The Bertz CT molecular complexity index is 2870. The summed E-state index contributed by atoms with van der Waals surface area (Å²) in [6.45, 7) is 0. The zero-order chi connectivity index (χ0) is 35.8. The number of hydrogen-bond acceptors (Lipinski definition) is 2. The number of fused-ring (bicyclic) bond motifs is 5. The van der Waals surface area contributed by atoms with Gasteiger partial charge in [0.15, 0.2) is 0 Å². The summed E-state index contributed by atoms with van der Waals surface area (Å²) in [5.41, 5.74) is 14.3. The van der Waals surface area contributed by atoms with Crippen LogP contribution in [0.15, 0.2) is 217 Å². The first kappa shape index (κ1) is 31.6. The Morgan fingerprint density at radius 3 is 1.61 bits per heavy atom. The highest BCUT2D eigenvalue weighted by atomic mass is 16.3. The maximum absolute atomic E-state index is 6.68. The predicted molar refractivity (Wildman–Crippen MR) is 228 cm³/mol. The molecule has 0 aliphatic rings. The van der Waals surface area contributed by atoms with E-state index in [0.29, 0.717) is 0 Å². The molecule has 1 aromatic heterocycles. The summed E-state index contributed by atoms with van der Waals surface area (Å²) >= 11 is 0. The Balaban J connectivity index is 1.25. The molecule has 0 aliphatic heterocycles. The van der Waals surface area contributed by atoms with Gasteiger partial charge in [0, 0.05) is 33.1 Å². The van der Waals surface area contributed by atoms with Crippen molar-refractivity contribution in [1.29, 1.82) is 0 Å². The minimum absolute atomic E-state index is 0.878. The van der Waals surface area contributed by atoms with Crippen molar-refractivity contribution in [3.63, 3.8) is 0 Å². The second kappa shape index (κ2) is 13.4. The van der Waals surface area contributed by atoms with Crippen molar-refractivity contribution in [3.8, 4) is 44.5 Å². The normalized spacial score (nSPS) is 11.3. The van der Waals surface area contributed by atoms with Crippen LogP contribution in [0, 0.1) is 0 Å². The molecule has 0 aliphatic carbocycles. The Kier molecular flexibility index (Phi) is 7.85. The average molecular weight is 690 g/mol. The Hall–Kier alpha value is -7.16. The number of para-hydroxylation sites is 1. The molecule has 0 unspecified atom stereocenters. The third kappa shape index (κ3) is 5.62. The molecule has 0 radical (unpaired) electrons. The quantitative estimate of drug-likeness (QED) is 0.166. The van der Waals surface area contributed by atoms with Crippen LogP contribution in [0.2, 0.25) is 0 Å². The van der Waals surface area contributed by atoms with E-state index in [1.807, 2.05) is 0 Å². The molecule has 0 bridgehead atoms. The van der Waals surface area contributed by atoms with Gasteiger partial charge in [-0.25, -0.2) is 0 Å². The van der Waals surface area contributed by atoms with E-state index in [-0.39, 0.29) is 0 Å². The van der Waals surface area contributed by atoms with E-state index in [0.717, 1.165) is 72.2 Å². The first-order chi connectivity index (χ1) is 26.8. The summed E-state index contributed by atoms with van der Waals surface area (Å²) in [5.74, 6) is 0. The molecular formula is C52H35NO. The fourth-order valence-electron chi connectivity index (χ4n) is 7.89. The zero-order valence-electron chi connectivity index (χ0n) is 29.6. The molecule has 10 aromatic rings. The first-order valence-corrected chi connectivity index (χ1v) is 18.4. The van der Waals surface area contributed by atoms with Gasteiger partial charge in [0.2, 0.25) is 0 Å². The van der Waals surface area contributed by atoms with E-state index in [1.54, 1.807) is 0 Å². The van der Waals surface area contributed by atoms with Crippen LogP contribution in [0.5, 0.6) is 0 Å². The summed E-state index contributed by atoms with van der Waals surface area (Å²) in [4.78, 5) is 2.43. The van der Waals surface area contributed by atoms with Crippen LogP contribution in [0.4, 0.5) is 17.1 Å². The summed E-state index contributed by atoms with van der Waals surface area (Å²) in [7, 11) is 0. The monoisotopic (exact) mass is 689 g/mol. The van der Waals surface area contributed by atoms with Crippen LogP contribution >= 0.6 is 0 Å². The third-order valence-corrected chi connectivity index (χ3v) is 10.4. The van der Waals surface area contributed by atoms with Crippen LogP contribution in [-0.2, 0) is 0 Å². The number of hydrogen-bond donors (Lipinski definition) is 0. The van der Waals surface area contributed by atoms with Crippen LogP contribution in [0.1, 0.15) is 0 Å². The lowest BCUT2D eigenvalue weighted by molar-refractivity contribution is 0.673. The van der Waals surface area contributed by atoms with Crippen LogP contribution < -0.4 is 4.90 Å². The van der Waals surface area contributed by atoms with Gasteiger partial charge in [-0.1, -0.05) is 164 Å². The van der Waals surface area contributed by atoms with Gasteiger partial charge >= 0.3 is 0 Å². The largest absolute Gasteiger partial charge is 0.455 e. The lowest BCUT2D eigenvalue weighted by Gasteiger charge is -2.29. The predicted octanol–water partition coefficient (Wildman–Crippen LogP) is 14.9. The van der Waals surface area contributed by atoms with Crippen LogP contribution in [0.25, 0.3) is 77.2 Å². The Morgan fingerprint density at radius 2 is 0.889 bits per heavy atom. The van der Waals surface area contributed by atoms with Gasteiger partial charge in [0.25, 0.3) is 0 Å². The van der Waals surface area contributed by atoms with Gasteiger partial charge in [-0.3, -0.25) is 0 Å². The molecule has 0 amide bonds. The SMILES string of the molecule is c1ccc(-c2cccc(N(c3cc(-c4ccccc4)cc(-c4ccccc4)c3)c3ccccc3-c3cccc4oc5c6ccccc6ccc5c34)c2)cc1. The van der Waals surface area contributed by atoms with Gasteiger partial charge in [0.05, 0.1) is 5.69 Å². The number of benzene rings is 9. The van der Waals surface area contributed by atoms with Gasteiger partial charge in [-0.05, 0) is 92.9 Å². The molecule has 2 heteroatoms. The smallest absolute Gasteiger partial charge is 0.143 e. The van der Waals surface area contributed by atoms with E-state index in [9.17, 15) is 0 Å². The van der Waals surface area contributed by atoms with Gasteiger partial charge in [0.1, 0.15) is 11.2 Å². The van der Waals surface area contributed by atoms with E-state index in [2.05, 4.69) is 217 Å². The second-order valence-electron chi connectivity index (χ2n) is 13.7. The van der Waals surface area contributed by atoms with Gasteiger partial charge < -0.3 is 9.32 Å². The van der Waals surface area contributed by atoms with Crippen LogP contribution in [0.3, 0.4) is 0 Å². The van der Waals surface area contributed by atoms with Crippen molar-refractivity contribution < 1.29 is 4.42 Å². The fraction of sp³-hybridized carbons (Fsp3) is 0. The van der Waals surface area contributed by atoms with Crippen molar-refractivity contribution in [3.05, 3.63) is 212 Å². The molecule has 254 valence electrons. The molecule has 0 N–H and O–H groups in total. The van der Waals surface area contributed by atoms with E-state index < -0.39 is 0 Å². The van der Waals surface area contributed by atoms with E-state index >= 15 is 0 Å². The number of furan rings is 1. The minimum atomic E-state index is 0.878. The van der Waals surface area contributed by atoms with Crippen molar-refractivity contribution in [2.24, 2.45) is 0 Å². The number of nitrogens with zero attached hydrogens (tertiary/aromatic N) is 1. The molecule has 0 saturated carbocycles. The molecule has 54 heavy (non-hydrogen) atoms. The highest BCUT2D eigenvalue weighted by Gasteiger charge is 2.22. The first-order valence-electron chi connectivity index (χ1n) is 18.4. The molecule has 10 rings (SSSR count). The number of anilines is 3. The van der Waals surface area contributed by atoms with Gasteiger partial charge in [-0.2, -0.15) is 0 Å². The standard InChI is InChI=1S/C52H35NO/c1-4-16-36(17-5-1)40-23-14-24-43(33-40)53(44-34-41(37-18-6-2-7-19-37)32-42(35-44)38-20-8-3-9-21-38)49-28-13-12-26-46(49)47-27-15-29-50-51(47)48-31-30-39-22-10-11-25-45(39)52(48)54-50/h1-35H. The Labute approximate surface area is 314 Å². The summed E-state index contributed by atoms with van der Waals surface area (Å²) in [6.07, 6.45) is 0. The van der Waals surface area contributed by atoms with Crippen molar-refractivity contribution >= 4 is 49.8 Å². The summed E-state index contributed by atoms with van der Waals surface area (Å²) in [5, 5.41) is 4.52. The highest BCUT2D eigenvalue weighted by molar-refractivity contribution is 6.19. The molecule has 0 atom stereocenters. The molecular weight excluding hydrogens is 655 g/mol.